The fraction of sp³-hybridized carbons (Fsp3) is 0.500. The molecule has 0 saturated carbocycles. The van der Waals surface area contributed by atoms with E-state index in [-0.39, 0.29) is 11.6 Å². The van der Waals surface area contributed by atoms with Crippen molar-refractivity contribution in [1.82, 2.24) is 29.4 Å². The molecule has 4 heterocycles. The molecule has 11 nitrogen and oxygen atoms in total. The summed E-state index contributed by atoms with van der Waals surface area (Å²) in [5.74, 6) is 0.300. The van der Waals surface area contributed by atoms with Crippen LogP contribution in [0.25, 0.3) is 22.4 Å². The zero-order valence-corrected chi connectivity index (χ0v) is 18.7. The summed E-state index contributed by atoms with van der Waals surface area (Å²) in [6.07, 6.45) is 3.88. The number of morpholine rings is 1. The van der Waals surface area contributed by atoms with E-state index in [9.17, 15) is 9.90 Å². The molecule has 1 aliphatic heterocycles. The van der Waals surface area contributed by atoms with Crippen molar-refractivity contribution in [1.29, 1.82) is 0 Å². The van der Waals surface area contributed by atoms with Gasteiger partial charge in [-0.1, -0.05) is 6.92 Å². The van der Waals surface area contributed by atoms with Crippen molar-refractivity contribution in [3.63, 3.8) is 0 Å². The Balaban J connectivity index is 1.61. The van der Waals surface area contributed by atoms with Gasteiger partial charge in [-0.15, -0.1) is 0 Å². The van der Waals surface area contributed by atoms with Crippen LogP contribution in [0.15, 0.2) is 29.3 Å². The largest absolute Gasteiger partial charge is 0.479 e. The number of hydrogen-bond donors (Lipinski definition) is 2. The van der Waals surface area contributed by atoms with Crippen LogP contribution in [-0.2, 0) is 16.0 Å². The molecule has 0 aliphatic carbocycles. The summed E-state index contributed by atoms with van der Waals surface area (Å²) in [7, 11) is 0. The van der Waals surface area contributed by atoms with Gasteiger partial charge in [0.25, 0.3) is 5.56 Å². The van der Waals surface area contributed by atoms with Crippen LogP contribution in [0.2, 0.25) is 0 Å². The molecule has 0 amide bonds. The van der Waals surface area contributed by atoms with Crippen LogP contribution in [0.4, 0.5) is 5.82 Å². The molecule has 2 N–H and O–H groups in total. The average molecular weight is 456 g/mol. The first-order valence-corrected chi connectivity index (χ1v) is 11.2. The van der Waals surface area contributed by atoms with Crippen LogP contribution in [-0.4, -0.2) is 87.1 Å². The van der Waals surface area contributed by atoms with Gasteiger partial charge in [0.1, 0.15) is 5.52 Å². The monoisotopic (exact) mass is 455 g/mol. The van der Waals surface area contributed by atoms with Crippen molar-refractivity contribution < 1.29 is 14.6 Å². The van der Waals surface area contributed by atoms with E-state index in [1.807, 2.05) is 13.0 Å². The molecule has 0 unspecified atom stereocenters. The Morgan fingerprint density at radius 3 is 2.67 bits per heavy atom. The van der Waals surface area contributed by atoms with Crippen molar-refractivity contribution in [2.45, 2.75) is 19.9 Å². The van der Waals surface area contributed by atoms with Crippen LogP contribution in [0.3, 0.4) is 0 Å². The second kappa shape index (κ2) is 11.1. The zero-order valence-electron chi connectivity index (χ0n) is 18.7. The topological polar surface area (TPSA) is 128 Å². The lowest BCUT2D eigenvalue weighted by atomic mass is 10.2. The minimum Gasteiger partial charge on any atom is -0.479 e. The lowest BCUT2D eigenvalue weighted by Gasteiger charge is -2.26. The quantitative estimate of drug-likeness (QED) is 0.429. The van der Waals surface area contributed by atoms with Crippen LogP contribution < -0.4 is 10.9 Å². The first kappa shape index (κ1) is 23.0. The molecule has 0 radical (unpaired) electrons. The molecule has 33 heavy (non-hydrogen) atoms. The molecule has 0 aromatic carbocycles. The molecular formula is C22H29N7O4. The lowest BCUT2D eigenvalue weighted by molar-refractivity contribution is 0.0398. The second-order valence-corrected chi connectivity index (χ2v) is 7.72. The Morgan fingerprint density at radius 1 is 1.12 bits per heavy atom. The van der Waals surface area contributed by atoms with Gasteiger partial charge in [0.05, 0.1) is 32.1 Å². The highest BCUT2D eigenvalue weighted by molar-refractivity contribution is 5.76. The normalized spacial score (nSPS) is 14.6. The molecule has 3 aromatic heterocycles. The van der Waals surface area contributed by atoms with Gasteiger partial charge in [0.15, 0.2) is 11.5 Å². The zero-order chi connectivity index (χ0) is 23.0. The summed E-state index contributed by atoms with van der Waals surface area (Å²) >= 11 is 0. The minimum atomic E-state index is -0.306. The van der Waals surface area contributed by atoms with Gasteiger partial charge in [0, 0.05) is 50.7 Å². The Morgan fingerprint density at radius 2 is 1.91 bits per heavy atom. The Hall–Kier alpha value is -3.15. The Labute approximate surface area is 191 Å². The number of hydrogen-bond acceptors (Lipinski definition) is 10. The van der Waals surface area contributed by atoms with E-state index in [0.29, 0.717) is 54.5 Å². The van der Waals surface area contributed by atoms with E-state index < -0.39 is 0 Å². The molecule has 11 heteroatoms. The van der Waals surface area contributed by atoms with Gasteiger partial charge >= 0.3 is 6.01 Å². The van der Waals surface area contributed by atoms with Gasteiger partial charge < -0.3 is 19.9 Å². The molecule has 1 saturated heterocycles. The van der Waals surface area contributed by atoms with Gasteiger partial charge in [-0.2, -0.15) is 0 Å². The number of rotatable bonds is 10. The molecule has 0 bridgehead atoms. The van der Waals surface area contributed by atoms with Gasteiger partial charge in [-0.25, -0.2) is 19.9 Å². The summed E-state index contributed by atoms with van der Waals surface area (Å²) in [4.78, 5) is 32.4. The van der Waals surface area contributed by atoms with Gasteiger partial charge in [-0.05, 0) is 18.6 Å². The van der Waals surface area contributed by atoms with Crippen molar-refractivity contribution >= 4 is 17.0 Å². The number of ether oxygens (including phenoxy) is 2. The Kier molecular flexibility index (Phi) is 7.76. The second-order valence-electron chi connectivity index (χ2n) is 7.72. The number of aromatic nitrogens is 5. The third-order valence-electron chi connectivity index (χ3n) is 5.36. The van der Waals surface area contributed by atoms with Crippen LogP contribution >= 0.6 is 0 Å². The van der Waals surface area contributed by atoms with Crippen LogP contribution in [0, 0.1) is 0 Å². The predicted molar refractivity (Wildman–Crippen MR) is 123 cm³/mol. The Bertz CT molecular complexity index is 1110. The maximum Gasteiger partial charge on any atom is 0.313 e. The number of aromatic hydroxyl groups is 1. The number of nitrogens with zero attached hydrogens (tertiary/aromatic N) is 6. The molecule has 176 valence electrons. The van der Waals surface area contributed by atoms with Gasteiger partial charge in [0.2, 0.25) is 0 Å². The number of fused-ring (bicyclic) bond motifs is 1. The molecule has 4 rings (SSSR count). The van der Waals surface area contributed by atoms with Gasteiger partial charge in [-0.3, -0.25) is 14.3 Å². The summed E-state index contributed by atoms with van der Waals surface area (Å²) in [5.41, 5.74) is 2.03. The van der Waals surface area contributed by atoms with Crippen molar-refractivity contribution in [2.75, 3.05) is 57.9 Å². The van der Waals surface area contributed by atoms with E-state index in [4.69, 9.17) is 9.47 Å². The SMILES string of the molecule is CCCOCCn1c(=O)c(NCCN2CCOCC2)nc2ccc(-c3cnc(O)nc3)nc21. The third kappa shape index (κ3) is 5.81. The molecule has 3 aromatic rings. The maximum atomic E-state index is 13.3. The van der Waals surface area contributed by atoms with Crippen molar-refractivity contribution in [3.8, 4) is 17.3 Å². The average Bonchev–Trinajstić information content (AvgIpc) is 2.84. The molecule has 0 atom stereocenters. The fourth-order valence-electron chi connectivity index (χ4n) is 3.62. The van der Waals surface area contributed by atoms with E-state index >= 15 is 0 Å². The van der Waals surface area contributed by atoms with E-state index in [1.54, 1.807) is 10.6 Å². The van der Waals surface area contributed by atoms with Crippen LogP contribution in [0.1, 0.15) is 13.3 Å². The smallest absolute Gasteiger partial charge is 0.313 e. The van der Waals surface area contributed by atoms with Crippen LogP contribution in [0.5, 0.6) is 6.01 Å². The highest BCUT2D eigenvalue weighted by Gasteiger charge is 2.15. The number of anilines is 1. The summed E-state index contributed by atoms with van der Waals surface area (Å²) in [6.45, 7) is 8.09. The lowest BCUT2D eigenvalue weighted by Crippen LogP contribution is -2.39. The van der Waals surface area contributed by atoms with Crippen molar-refractivity contribution in [2.24, 2.45) is 0 Å². The predicted octanol–water partition coefficient (Wildman–Crippen LogP) is 1.12. The first-order chi connectivity index (χ1) is 16.2. The maximum absolute atomic E-state index is 13.3. The molecule has 1 fully saturated rings. The molecular weight excluding hydrogens is 426 g/mol. The number of nitrogens with one attached hydrogen (secondary N) is 1. The minimum absolute atomic E-state index is 0.240. The highest BCUT2D eigenvalue weighted by atomic mass is 16.5. The van der Waals surface area contributed by atoms with E-state index in [1.165, 1.54) is 12.4 Å². The van der Waals surface area contributed by atoms with E-state index in [2.05, 4.69) is 30.2 Å². The molecule has 0 spiro atoms. The molecule has 1 aliphatic rings. The third-order valence-corrected chi connectivity index (χ3v) is 5.36. The first-order valence-electron chi connectivity index (χ1n) is 11.2. The fourth-order valence-corrected chi connectivity index (χ4v) is 3.62. The van der Waals surface area contributed by atoms with Crippen molar-refractivity contribution in [3.05, 3.63) is 34.9 Å². The summed E-state index contributed by atoms with van der Waals surface area (Å²) in [5, 5.41) is 12.6. The summed E-state index contributed by atoms with van der Waals surface area (Å²) < 4.78 is 12.6. The summed E-state index contributed by atoms with van der Waals surface area (Å²) in [6, 6.07) is 3.31. The van der Waals surface area contributed by atoms with E-state index in [0.717, 1.165) is 39.3 Å². The number of pyridine rings is 1. The standard InChI is InChI=1S/C22H29N7O4/c1-2-10-32-13-9-29-20-18(4-3-17(27-20)16-14-24-22(31)25-15-16)26-19(21(29)30)23-5-6-28-7-11-33-12-8-28/h3-4,14-15H,2,5-13H2,1H3,(H,23,26)(H,24,25,31). The highest BCUT2D eigenvalue weighted by Crippen LogP contribution is 2.20.